The smallest absolute Gasteiger partial charge is 0.249 e. The van der Waals surface area contributed by atoms with Gasteiger partial charge in [0.25, 0.3) is 0 Å². The summed E-state index contributed by atoms with van der Waals surface area (Å²) in [7, 11) is 0. The first-order chi connectivity index (χ1) is 16.1. The molecule has 5 aliphatic carbocycles. The van der Waals surface area contributed by atoms with E-state index in [9.17, 15) is 19.9 Å². The summed E-state index contributed by atoms with van der Waals surface area (Å²) in [6, 6.07) is 0. The van der Waals surface area contributed by atoms with E-state index in [0.29, 0.717) is 12.3 Å². The van der Waals surface area contributed by atoms with Crippen molar-refractivity contribution in [3.05, 3.63) is 11.6 Å². The molecular weight excluding hydrogens is 438 g/mol. The number of hydrogen-bond donors (Lipinski definition) is 3. The fourth-order valence-corrected chi connectivity index (χ4v) is 10.5. The van der Waals surface area contributed by atoms with E-state index in [1.54, 1.807) is 0 Å². The summed E-state index contributed by atoms with van der Waals surface area (Å²) >= 11 is 0. The van der Waals surface area contributed by atoms with Crippen LogP contribution in [0.25, 0.3) is 0 Å². The maximum atomic E-state index is 14.3. The topological polar surface area (TPSA) is 86.6 Å². The molecule has 0 saturated heterocycles. The van der Waals surface area contributed by atoms with Crippen LogP contribution in [0.5, 0.6) is 0 Å². The second-order valence-electron chi connectivity index (χ2n) is 15.1. The molecule has 0 bridgehead atoms. The second-order valence-corrected chi connectivity index (χ2v) is 15.1. The zero-order chi connectivity index (χ0) is 25.8. The predicted molar refractivity (Wildman–Crippen MR) is 135 cm³/mol. The molecule has 1 unspecified atom stereocenters. The van der Waals surface area contributed by atoms with Crippen LogP contribution in [0.1, 0.15) is 106 Å². The largest absolute Gasteiger partial charge is 0.393 e. The zero-order valence-corrected chi connectivity index (χ0v) is 23.0. The van der Waals surface area contributed by atoms with Crippen molar-refractivity contribution in [1.29, 1.82) is 0 Å². The average molecular weight is 486 g/mol. The van der Waals surface area contributed by atoms with E-state index in [4.69, 9.17) is 0 Å². The molecule has 5 heteroatoms. The quantitative estimate of drug-likeness (QED) is 0.322. The maximum absolute atomic E-state index is 14.3. The van der Waals surface area contributed by atoms with Crippen LogP contribution in [0.3, 0.4) is 0 Å². The molecule has 4 saturated carbocycles. The van der Waals surface area contributed by atoms with Crippen molar-refractivity contribution in [2.24, 2.45) is 50.2 Å². The lowest BCUT2D eigenvalue weighted by Gasteiger charge is -2.70. The molecule has 5 rings (SSSR count). The van der Waals surface area contributed by atoms with Crippen molar-refractivity contribution in [2.75, 3.05) is 0 Å². The Bertz CT molecular complexity index is 987. The van der Waals surface area contributed by atoms with Gasteiger partial charge in [-0.25, -0.2) is 5.48 Å². The summed E-state index contributed by atoms with van der Waals surface area (Å²) < 4.78 is 0. The van der Waals surface area contributed by atoms with E-state index in [-0.39, 0.29) is 56.7 Å². The summed E-state index contributed by atoms with van der Waals surface area (Å²) in [6.07, 6.45) is 10.0. The van der Waals surface area contributed by atoms with Crippen LogP contribution in [0.4, 0.5) is 0 Å². The van der Waals surface area contributed by atoms with Crippen molar-refractivity contribution >= 4 is 11.7 Å². The van der Waals surface area contributed by atoms with E-state index in [1.807, 2.05) is 18.5 Å². The molecule has 0 radical (unpaired) electrons. The van der Waals surface area contributed by atoms with Gasteiger partial charge in [0.05, 0.1) is 6.10 Å². The molecular formula is C30H47NO4. The van der Waals surface area contributed by atoms with Gasteiger partial charge in [-0.3, -0.25) is 14.8 Å². The van der Waals surface area contributed by atoms with Crippen LogP contribution in [0.2, 0.25) is 0 Å². The second kappa shape index (κ2) is 7.43. The van der Waals surface area contributed by atoms with Crippen molar-refractivity contribution in [2.45, 2.75) is 112 Å². The number of aliphatic hydroxyl groups is 1. The third-order valence-electron chi connectivity index (χ3n) is 13.2. The fourth-order valence-electron chi connectivity index (χ4n) is 10.5. The SMILES string of the molecule is CC1(C)C2CC[C@]3(C)[C@H](C(=O)C=C4[C@H]5C[C@@](C)(C(=O)NO)CC[C@]5(C)CC[C@]43C)[C@@]2(C)CC[C@H]1O. The molecule has 9 atom stereocenters. The normalized spacial score (nSPS) is 52.8. The molecule has 196 valence electrons. The van der Waals surface area contributed by atoms with Gasteiger partial charge in [0.1, 0.15) is 0 Å². The minimum Gasteiger partial charge on any atom is -0.393 e. The van der Waals surface area contributed by atoms with E-state index < -0.39 is 5.41 Å². The Labute approximate surface area is 211 Å². The molecule has 5 aliphatic rings. The van der Waals surface area contributed by atoms with Gasteiger partial charge in [-0.15, -0.1) is 0 Å². The first kappa shape index (κ1) is 25.4. The molecule has 0 spiro atoms. The molecule has 4 fully saturated rings. The highest BCUT2D eigenvalue weighted by molar-refractivity contribution is 5.95. The van der Waals surface area contributed by atoms with Gasteiger partial charge in [0.15, 0.2) is 5.78 Å². The number of rotatable bonds is 1. The van der Waals surface area contributed by atoms with E-state index >= 15 is 0 Å². The number of ketones is 1. The lowest BCUT2D eigenvalue weighted by Crippen LogP contribution is -2.66. The van der Waals surface area contributed by atoms with Crippen molar-refractivity contribution in [3.8, 4) is 0 Å². The Morgan fingerprint density at radius 2 is 1.60 bits per heavy atom. The van der Waals surface area contributed by atoms with Crippen LogP contribution < -0.4 is 5.48 Å². The zero-order valence-electron chi connectivity index (χ0n) is 23.0. The lowest BCUT2D eigenvalue weighted by molar-refractivity contribution is -0.202. The highest BCUT2D eigenvalue weighted by Crippen LogP contribution is 2.75. The number of amides is 1. The summed E-state index contributed by atoms with van der Waals surface area (Å²) in [5.41, 5.74) is 2.16. The van der Waals surface area contributed by atoms with Crippen LogP contribution >= 0.6 is 0 Å². The maximum Gasteiger partial charge on any atom is 0.249 e. The molecule has 0 aromatic heterocycles. The summed E-state index contributed by atoms with van der Waals surface area (Å²) in [4.78, 5) is 26.9. The number of allylic oxidation sites excluding steroid dienone is 2. The summed E-state index contributed by atoms with van der Waals surface area (Å²) in [5.74, 6) is 0.458. The number of nitrogens with one attached hydrogen (secondary N) is 1. The molecule has 0 aromatic carbocycles. The molecule has 3 N–H and O–H groups in total. The molecule has 0 aliphatic heterocycles. The standard InChI is InChI=1S/C30H47NO4/c1-25(2)21-8-11-30(7)23(28(21,5)10-9-22(25)33)20(32)16-18-19-17-27(4,24(34)31-35)13-12-26(19,3)14-15-29(18,30)6/h16,19,21-23,33,35H,8-15,17H2,1-7H3,(H,31,34)/t19-,21?,22-,23-,26-,27+,28+,29-,30-/m1/s1. The number of hydrogen-bond acceptors (Lipinski definition) is 4. The number of carbonyl (C=O) groups excluding carboxylic acids is 2. The first-order valence-corrected chi connectivity index (χ1v) is 14.0. The predicted octanol–water partition coefficient (Wildman–Crippen LogP) is 5.83. The summed E-state index contributed by atoms with van der Waals surface area (Å²) in [6.45, 7) is 15.9. The molecule has 5 nitrogen and oxygen atoms in total. The van der Waals surface area contributed by atoms with Crippen LogP contribution in [-0.4, -0.2) is 28.1 Å². The molecule has 0 aromatic rings. The Hall–Kier alpha value is -1.20. The van der Waals surface area contributed by atoms with E-state index in [2.05, 4.69) is 41.5 Å². The average Bonchev–Trinajstić information content (AvgIpc) is 2.78. The van der Waals surface area contributed by atoms with E-state index in [0.717, 1.165) is 51.4 Å². The van der Waals surface area contributed by atoms with Crippen LogP contribution in [-0.2, 0) is 9.59 Å². The van der Waals surface area contributed by atoms with Gasteiger partial charge < -0.3 is 5.11 Å². The minimum absolute atomic E-state index is 0.0330. The molecule has 1 amide bonds. The number of aliphatic hydroxyl groups excluding tert-OH is 1. The highest BCUT2D eigenvalue weighted by Gasteiger charge is 2.70. The Morgan fingerprint density at radius 1 is 0.943 bits per heavy atom. The van der Waals surface area contributed by atoms with Gasteiger partial charge in [0, 0.05) is 11.3 Å². The van der Waals surface area contributed by atoms with Gasteiger partial charge in [-0.05, 0) is 103 Å². The van der Waals surface area contributed by atoms with Crippen LogP contribution in [0.15, 0.2) is 11.6 Å². The van der Waals surface area contributed by atoms with E-state index in [1.165, 1.54) is 5.57 Å². The Kier molecular flexibility index (Phi) is 5.40. The fraction of sp³-hybridized carbons (Fsp3) is 0.867. The Balaban J connectivity index is 1.61. The number of hydroxylamine groups is 1. The monoisotopic (exact) mass is 485 g/mol. The minimum atomic E-state index is -0.619. The number of carbonyl (C=O) groups is 2. The molecule has 0 heterocycles. The van der Waals surface area contributed by atoms with Crippen molar-refractivity contribution in [1.82, 2.24) is 5.48 Å². The number of fused-ring (bicyclic) bond motifs is 7. The van der Waals surface area contributed by atoms with Gasteiger partial charge in [-0.2, -0.15) is 0 Å². The summed E-state index contributed by atoms with van der Waals surface area (Å²) in [5, 5.41) is 20.3. The first-order valence-electron chi connectivity index (χ1n) is 14.0. The third kappa shape index (κ3) is 3.06. The van der Waals surface area contributed by atoms with Crippen molar-refractivity contribution < 1.29 is 19.9 Å². The van der Waals surface area contributed by atoms with Gasteiger partial charge in [0.2, 0.25) is 5.91 Å². The Morgan fingerprint density at radius 3 is 2.26 bits per heavy atom. The van der Waals surface area contributed by atoms with Crippen molar-refractivity contribution in [3.63, 3.8) is 0 Å². The molecule has 35 heavy (non-hydrogen) atoms. The van der Waals surface area contributed by atoms with Gasteiger partial charge in [-0.1, -0.05) is 54.0 Å². The van der Waals surface area contributed by atoms with Gasteiger partial charge >= 0.3 is 0 Å². The third-order valence-corrected chi connectivity index (χ3v) is 13.2. The highest BCUT2D eigenvalue weighted by atomic mass is 16.5. The van der Waals surface area contributed by atoms with Crippen LogP contribution in [0, 0.1) is 50.2 Å². The lowest BCUT2D eigenvalue weighted by atomic mass is 9.33.